The van der Waals surface area contributed by atoms with Gasteiger partial charge in [-0.25, -0.2) is 15.0 Å². The Balaban J connectivity index is 1.14. The van der Waals surface area contributed by atoms with E-state index in [1.54, 1.807) is 0 Å². The van der Waals surface area contributed by atoms with E-state index < -0.39 is 0 Å². The summed E-state index contributed by atoms with van der Waals surface area (Å²) in [5.74, 6) is 1.80. The van der Waals surface area contributed by atoms with E-state index in [2.05, 4.69) is 153 Å². The molecule has 10 rings (SSSR count). The summed E-state index contributed by atoms with van der Waals surface area (Å²) in [5.41, 5.74) is 16.0. The zero-order chi connectivity index (χ0) is 38.3. The van der Waals surface area contributed by atoms with Crippen LogP contribution in [0.1, 0.15) is 11.1 Å². The number of aromatic nitrogens is 3. The largest absolute Gasteiger partial charge is 0.455 e. The molecule has 4 heteroatoms. The summed E-state index contributed by atoms with van der Waals surface area (Å²) >= 11 is 0. The Morgan fingerprint density at radius 2 is 0.860 bits per heavy atom. The van der Waals surface area contributed by atoms with Crippen LogP contribution in [-0.4, -0.2) is 15.0 Å². The van der Waals surface area contributed by atoms with Crippen molar-refractivity contribution in [3.05, 3.63) is 199 Å². The lowest BCUT2D eigenvalue weighted by molar-refractivity contribution is 0.670. The summed E-state index contributed by atoms with van der Waals surface area (Å²) in [7, 11) is 0. The van der Waals surface area contributed by atoms with Gasteiger partial charge in [0.25, 0.3) is 0 Å². The second kappa shape index (κ2) is 14.3. The van der Waals surface area contributed by atoms with Crippen molar-refractivity contribution in [3.63, 3.8) is 0 Å². The maximum absolute atomic E-state index is 6.63. The van der Waals surface area contributed by atoms with Gasteiger partial charge in [0.05, 0.1) is 0 Å². The second-order valence-electron chi connectivity index (χ2n) is 14.4. The van der Waals surface area contributed by atoms with Crippen LogP contribution >= 0.6 is 0 Å². The molecule has 0 fully saturated rings. The molecule has 0 saturated carbocycles. The molecule has 2 heterocycles. The first-order chi connectivity index (χ1) is 28.1. The molecule has 0 aliphatic carbocycles. The minimum atomic E-state index is 0.587. The SMILES string of the molecule is Cc1ccccc1-c1cccc(-c2cccc(-c3ccccc3-c3nc(-c4ccccc4)nc(-c4cccc5oc6c(-c7ccccc7)cccc6c45)n3)c2)c1C. The van der Waals surface area contributed by atoms with E-state index in [0.29, 0.717) is 17.5 Å². The van der Waals surface area contributed by atoms with Crippen molar-refractivity contribution in [2.24, 2.45) is 0 Å². The summed E-state index contributed by atoms with van der Waals surface area (Å²) in [5, 5.41) is 2.00. The molecule has 0 saturated heterocycles. The molecular weight excluding hydrogens is 695 g/mol. The standard InChI is InChI=1S/C53H37N3O/c1-34-17-9-10-24-40(34)42-28-14-27-41(35(42)2)38-22-13-23-39(33-38)43-25-11-12-26-45(43)52-54-51(37-20-7-4-8-21-37)55-53(56-52)47-31-16-32-48-49(47)46-30-15-29-44(50(46)57-48)36-18-5-3-6-19-36/h3-33H,1-2H3. The van der Waals surface area contributed by atoms with E-state index in [1.165, 1.54) is 27.8 Å². The third-order valence-corrected chi connectivity index (χ3v) is 10.9. The van der Waals surface area contributed by atoms with Crippen LogP contribution in [-0.2, 0) is 0 Å². The van der Waals surface area contributed by atoms with Crippen LogP contribution in [0.15, 0.2) is 192 Å². The summed E-state index contributed by atoms with van der Waals surface area (Å²) in [4.78, 5) is 15.6. The molecule has 4 nitrogen and oxygen atoms in total. The Morgan fingerprint density at radius 3 is 1.63 bits per heavy atom. The highest BCUT2D eigenvalue weighted by molar-refractivity contribution is 6.15. The van der Waals surface area contributed by atoms with Gasteiger partial charge < -0.3 is 4.42 Å². The third kappa shape index (κ3) is 6.18. The van der Waals surface area contributed by atoms with Gasteiger partial charge in [0.1, 0.15) is 11.2 Å². The van der Waals surface area contributed by atoms with Crippen LogP contribution in [0.4, 0.5) is 0 Å². The summed E-state index contributed by atoms with van der Waals surface area (Å²) in [6.45, 7) is 4.40. The molecule has 8 aromatic carbocycles. The van der Waals surface area contributed by atoms with Gasteiger partial charge in [0.2, 0.25) is 0 Å². The first kappa shape index (κ1) is 34.1. The Bertz CT molecular complexity index is 3090. The van der Waals surface area contributed by atoms with Crippen LogP contribution in [0.25, 0.3) is 101 Å². The molecule has 0 amide bonds. The van der Waals surface area contributed by atoms with Gasteiger partial charge >= 0.3 is 0 Å². The smallest absolute Gasteiger partial charge is 0.164 e. The zero-order valence-corrected chi connectivity index (χ0v) is 31.6. The lowest BCUT2D eigenvalue weighted by Gasteiger charge is -2.16. The van der Waals surface area contributed by atoms with Gasteiger partial charge in [0.15, 0.2) is 17.5 Å². The maximum Gasteiger partial charge on any atom is 0.164 e. The number of para-hydroxylation sites is 1. The number of furan rings is 1. The number of hydrogen-bond donors (Lipinski definition) is 0. The third-order valence-electron chi connectivity index (χ3n) is 10.9. The molecule has 10 aromatic rings. The second-order valence-corrected chi connectivity index (χ2v) is 14.4. The number of nitrogens with zero attached hydrogens (tertiary/aromatic N) is 3. The number of benzene rings is 8. The van der Waals surface area contributed by atoms with Gasteiger partial charge in [-0.05, 0) is 76.1 Å². The van der Waals surface area contributed by atoms with E-state index in [9.17, 15) is 0 Å². The fraction of sp³-hybridized carbons (Fsp3) is 0.0377. The molecule has 0 spiro atoms. The normalized spacial score (nSPS) is 11.3. The van der Waals surface area contributed by atoms with Gasteiger partial charge in [-0.2, -0.15) is 0 Å². The van der Waals surface area contributed by atoms with Gasteiger partial charge in [-0.1, -0.05) is 176 Å². The van der Waals surface area contributed by atoms with E-state index >= 15 is 0 Å². The molecule has 0 N–H and O–H groups in total. The maximum atomic E-state index is 6.63. The predicted molar refractivity (Wildman–Crippen MR) is 235 cm³/mol. The monoisotopic (exact) mass is 731 g/mol. The van der Waals surface area contributed by atoms with Crippen molar-refractivity contribution in [3.8, 4) is 78.7 Å². The summed E-state index contributed by atoms with van der Waals surface area (Å²) in [6, 6.07) is 65.4. The van der Waals surface area contributed by atoms with Crippen molar-refractivity contribution < 1.29 is 4.42 Å². The van der Waals surface area contributed by atoms with Crippen molar-refractivity contribution in [1.29, 1.82) is 0 Å². The zero-order valence-electron chi connectivity index (χ0n) is 31.6. The Hall–Kier alpha value is -7.43. The van der Waals surface area contributed by atoms with E-state index in [4.69, 9.17) is 19.4 Å². The number of aryl methyl sites for hydroxylation is 1. The fourth-order valence-corrected chi connectivity index (χ4v) is 8.11. The Labute approximate surface area is 331 Å². The van der Waals surface area contributed by atoms with E-state index in [0.717, 1.165) is 66.4 Å². The minimum Gasteiger partial charge on any atom is -0.455 e. The summed E-state index contributed by atoms with van der Waals surface area (Å²) < 4.78 is 6.63. The number of fused-ring (bicyclic) bond motifs is 3. The number of hydrogen-bond acceptors (Lipinski definition) is 4. The first-order valence-corrected chi connectivity index (χ1v) is 19.3. The van der Waals surface area contributed by atoms with E-state index in [-0.39, 0.29) is 0 Å². The van der Waals surface area contributed by atoms with Crippen LogP contribution in [0.2, 0.25) is 0 Å². The predicted octanol–water partition coefficient (Wildman–Crippen LogP) is 14.1. The van der Waals surface area contributed by atoms with Crippen LogP contribution in [0.3, 0.4) is 0 Å². The molecule has 270 valence electrons. The molecule has 57 heavy (non-hydrogen) atoms. The quantitative estimate of drug-likeness (QED) is 0.164. The Morgan fingerprint density at radius 1 is 0.351 bits per heavy atom. The van der Waals surface area contributed by atoms with Crippen LogP contribution in [0.5, 0.6) is 0 Å². The van der Waals surface area contributed by atoms with Gasteiger partial charge in [0, 0.05) is 33.0 Å². The van der Waals surface area contributed by atoms with E-state index in [1.807, 2.05) is 48.5 Å². The highest BCUT2D eigenvalue weighted by atomic mass is 16.3. The van der Waals surface area contributed by atoms with Gasteiger partial charge in [-0.15, -0.1) is 0 Å². The lowest BCUT2D eigenvalue weighted by atomic mass is 9.89. The van der Waals surface area contributed by atoms with Crippen LogP contribution < -0.4 is 0 Å². The average molecular weight is 732 g/mol. The Kier molecular flexibility index (Phi) is 8.57. The molecule has 0 bridgehead atoms. The molecular formula is C53H37N3O. The van der Waals surface area contributed by atoms with Crippen molar-refractivity contribution in [1.82, 2.24) is 15.0 Å². The van der Waals surface area contributed by atoms with Crippen molar-refractivity contribution in [2.75, 3.05) is 0 Å². The van der Waals surface area contributed by atoms with Crippen molar-refractivity contribution >= 4 is 21.9 Å². The number of rotatable bonds is 7. The van der Waals surface area contributed by atoms with Gasteiger partial charge in [-0.3, -0.25) is 0 Å². The minimum absolute atomic E-state index is 0.587. The summed E-state index contributed by atoms with van der Waals surface area (Å²) in [6.07, 6.45) is 0. The highest BCUT2D eigenvalue weighted by Crippen LogP contribution is 2.41. The molecule has 0 aliphatic rings. The first-order valence-electron chi connectivity index (χ1n) is 19.3. The topological polar surface area (TPSA) is 51.8 Å². The molecule has 2 aromatic heterocycles. The molecule has 0 radical (unpaired) electrons. The lowest BCUT2D eigenvalue weighted by Crippen LogP contribution is -2.01. The average Bonchev–Trinajstić information content (AvgIpc) is 3.67. The molecule has 0 unspecified atom stereocenters. The molecule has 0 atom stereocenters. The fourth-order valence-electron chi connectivity index (χ4n) is 8.11. The molecule has 0 aliphatic heterocycles. The highest BCUT2D eigenvalue weighted by Gasteiger charge is 2.21. The van der Waals surface area contributed by atoms with Crippen molar-refractivity contribution in [2.45, 2.75) is 13.8 Å². The van der Waals surface area contributed by atoms with Crippen LogP contribution in [0, 0.1) is 13.8 Å².